The van der Waals surface area contributed by atoms with Crippen LogP contribution in [-0.2, 0) is 31.9 Å². The number of pyridine rings is 1. The second-order valence-electron chi connectivity index (χ2n) is 23.2. The molecule has 0 fully saturated rings. The van der Waals surface area contributed by atoms with Crippen LogP contribution in [-0.4, -0.2) is 9.38 Å². The van der Waals surface area contributed by atoms with Crippen LogP contribution in [0.15, 0.2) is 219 Å². The standard InChI is InChI=1S/C74H55N4O.Pt/c1-73(2,3)48-32-36-56-60-27-16-28-62-59-39-35-51(44-68(59)78(70(60)62)72-63(30-18-40-75-72)57-37-33-49(74(4,5)6)42-65(57)64(56)41-48)79-50-34-38-58-54-23-13-14-24-55(54)61-29-17-31-66-71(61)77(67(58)43-50)45-76(66)69-52(46-19-9-7-10-20-46)25-15-26-53(69)47-21-11-8-12-22-47;/h7-42,45H,1-6H3;/q-3;. The van der Waals surface area contributed by atoms with Crippen molar-refractivity contribution in [2.24, 2.45) is 0 Å². The van der Waals surface area contributed by atoms with Crippen molar-refractivity contribution in [2.75, 3.05) is 9.80 Å². The van der Waals surface area contributed by atoms with E-state index < -0.39 is 0 Å². The van der Waals surface area contributed by atoms with Gasteiger partial charge in [0.15, 0.2) is 0 Å². The molecule has 0 saturated carbocycles. The van der Waals surface area contributed by atoms with Crippen molar-refractivity contribution in [3.05, 3.63) is 248 Å². The summed E-state index contributed by atoms with van der Waals surface area (Å²) in [5.74, 6) is 1.17. The molecule has 0 bridgehead atoms. The van der Waals surface area contributed by atoms with Crippen LogP contribution in [0.5, 0.6) is 11.5 Å². The smallest absolute Gasteiger partial charge is 0.143 e. The van der Waals surface area contributed by atoms with Crippen LogP contribution < -0.4 is 14.5 Å². The van der Waals surface area contributed by atoms with Gasteiger partial charge in [-0.15, -0.1) is 41.9 Å². The maximum absolute atomic E-state index is 7.06. The van der Waals surface area contributed by atoms with Crippen LogP contribution >= 0.6 is 0 Å². The summed E-state index contributed by atoms with van der Waals surface area (Å²) >= 11 is 0. The zero-order valence-corrected chi connectivity index (χ0v) is 47.6. The molecule has 0 spiro atoms. The molecule has 0 saturated heterocycles. The molecule has 10 aromatic carbocycles. The largest absolute Gasteiger partial charge is 0.509 e. The van der Waals surface area contributed by atoms with Gasteiger partial charge in [0.2, 0.25) is 0 Å². The Morgan fingerprint density at radius 3 is 1.60 bits per heavy atom. The summed E-state index contributed by atoms with van der Waals surface area (Å²) in [6.45, 7) is 16.0. The Bertz CT molecular complexity index is 4640. The molecule has 5 heterocycles. The first-order valence-electron chi connectivity index (χ1n) is 27.4. The van der Waals surface area contributed by atoms with Gasteiger partial charge in [-0.05, 0) is 95.9 Å². The van der Waals surface area contributed by atoms with Gasteiger partial charge in [0, 0.05) is 88.8 Å². The van der Waals surface area contributed by atoms with Crippen LogP contribution in [0, 0.1) is 18.8 Å². The van der Waals surface area contributed by atoms with Crippen LogP contribution in [0.3, 0.4) is 0 Å². The Kier molecular flexibility index (Phi) is 11.6. The third kappa shape index (κ3) is 7.81. The van der Waals surface area contributed by atoms with E-state index in [9.17, 15) is 0 Å². The molecule has 390 valence electrons. The molecule has 15 rings (SSSR count). The van der Waals surface area contributed by atoms with Gasteiger partial charge in [0.25, 0.3) is 0 Å². The molecular formula is C74H55N4OPt-3. The van der Waals surface area contributed by atoms with E-state index in [1.165, 1.54) is 32.8 Å². The van der Waals surface area contributed by atoms with Crippen molar-refractivity contribution >= 4 is 82.5 Å². The number of fused-ring (bicyclic) bond motifs is 15. The predicted octanol–water partition coefficient (Wildman–Crippen LogP) is 20.0. The average Bonchev–Trinajstić information content (AvgIpc) is 4.19. The molecule has 80 heavy (non-hydrogen) atoms. The van der Waals surface area contributed by atoms with Gasteiger partial charge in [0.05, 0.1) is 0 Å². The maximum atomic E-state index is 7.06. The van der Waals surface area contributed by atoms with E-state index in [-0.39, 0.29) is 31.9 Å². The molecule has 6 heteroatoms. The number of hydrogen-bond donors (Lipinski definition) is 0. The topological polar surface area (TPSA) is 33.0 Å². The first kappa shape index (κ1) is 49.5. The first-order valence-corrected chi connectivity index (χ1v) is 27.4. The van der Waals surface area contributed by atoms with Crippen molar-refractivity contribution in [1.29, 1.82) is 0 Å². The third-order valence-electron chi connectivity index (χ3n) is 16.4. The number of ether oxygens (including phenoxy) is 1. The zero-order chi connectivity index (χ0) is 53.3. The Balaban J connectivity index is 0.00000577. The van der Waals surface area contributed by atoms with E-state index in [1.807, 2.05) is 6.20 Å². The molecule has 13 aromatic rings. The summed E-state index contributed by atoms with van der Waals surface area (Å²) in [4.78, 5) is 9.99. The molecule has 0 N–H and O–H groups in total. The van der Waals surface area contributed by atoms with Crippen LogP contribution in [0.4, 0.5) is 22.7 Å². The van der Waals surface area contributed by atoms with Crippen molar-refractivity contribution in [3.8, 4) is 56.0 Å². The summed E-state index contributed by atoms with van der Waals surface area (Å²) < 4.78 is 9.39. The fraction of sp³-hybridized carbons (Fsp3) is 0.108. The number of anilines is 4. The minimum atomic E-state index is -0.0546. The van der Waals surface area contributed by atoms with Crippen LogP contribution in [0.2, 0.25) is 0 Å². The van der Waals surface area contributed by atoms with Crippen molar-refractivity contribution in [2.45, 2.75) is 52.4 Å². The number of rotatable bonds is 5. The van der Waals surface area contributed by atoms with Crippen LogP contribution in [0.25, 0.3) is 104 Å². The minimum Gasteiger partial charge on any atom is -0.509 e. The maximum Gasteiger partial charge on any atom is 0.143 e. The SMILES string of the molecule is CC(C)(C)c1ccc2c(c1)c1cc(C(C)(C)C)ccc1c1cccc3c4ccc(Oc5[c-]c6c(cc5)-c5ccccc5-c5cccc7c5N6[CH-]N7c5c(-c6ccccc6)cccc5-c5ccccc5)[c-]c4n(c4ncccc24)c13.[Pt]. The number of nitrogens with zero attached hydrogens (tertiary/aromatic N) is 4. The van der Waals surface area contributed by atoms with Gasteiger partial charge in [-0.1, -0.05) is 216 Å². The van der Waals surface area contributed by atoms with Crippen molar-refractivity contribution < 1.29 is 25.8 Å². The van der Waals surface area contributed by atoms with Gasteiger partial charge in [0.1, 0.15) is 5.65 Å². The normalized spacial score (nSPS) is 12.9. The summed E-state index contributed by atoms with van der Waals surface area (Å²) in [7, 11) is 0. The van der Waals surface area contributed by atoms with Crippen molar-refractivity contribution in [1.82, 2.24) is 9.38 Å². The molecule has 0 unspecified atom stereocenters. The molecule has 2 aliphatic rings. The van der Waals surface area contributed by atoms with Crippen molar-refractivity contribution in [3.63, 3.8) is 0 Å². The Labute approximate surface area is 481 Å². The number of hydrogen-bond acceptors (Lipinski definition) is 4. The molecular weight excluding hydrogens is 1160 g/mol. The molecule has 0 radical (unpaired) electrons. The molecule has 5 nitrogen and oxygen atoms in total. The van der Waals surface area contributed by atoms with E-state index in [2.05, 4.69) is 287 Å². The molecule has 2 aliphatic heterocycles. The Morgan fingerprint density at radius 2 is 0.938 bits per heavy atom. The molecule has 0 amide bonds. The molecule has 0 aliphatic carbocycles. The fourth-order valence-corrected chi connectivity index (χ4v) is 12.5. The predicted molar refractivity (Wildman–Crippen MR) is 330 cm³/mol. The third-order valence-corrected chi connectivity index (χ3v) is 16.4. The minimum absolute atomic E-state index is 0. The Morgan fingerprint density at radius 1 is 0.412 bits per heavy atom. The summed E-state index contributed by atoms with van der Waals surface area (Å²) in [6, 6.07) is 84.8. The quantitative estimate of drug-likeness (QED) is 0.161. The van der Waals surface area contributed by atoms with E-state index in [4.69, 9.17) is 9.72 Å². The van der Waals surface area contributed by atoms with E-state index in [0.717, 1.165) is 105 Å². The second kappa shape index (κ2) is 18.7. The van der Waals surface area contributed by atoms with Gasteiger partial charge < -0.3 is 18.9 Å². The Hall–Kier alpha value is -8.76. The number of aromatic nitrogens is 2. The van der Waals surface area contributed by atoms with Gasteiger partial charge in [-0.2, -0.15) is 12.1 Å². The van der Waals surface area contributed by atoms with Crippen LogP contribution in [0.1, 0.15) is 52.7 Å². The summed E-state index contributed by atoms with van der Waals surface area (Å²) in [5, 5.41) is 9.14. The van der Waals surface area contributed by atoms with E-state index >= 15 is 0 Å². The first-order chi connectivity index (χ1) is 38.5. The van der Waals surface area contributed by atoms with Gasteiger partial charge in [-0.3, -0.25) is 0 Å². The monoisotopic (exact) mass is 1210 g/mol. The van der Waals surface area contributed by atoms with Gasteiger partial charge >= 0.3 is 0 Å². The summed E-state index contributed by atoms with van der Waals surface area (Å²) in [5.41, 5.74) is 18.6. The zero-order valence-electron chi connectivity index (χ0n) is 45.4. The summed E-state index contributed by atoms with van der Waals surface area (Å²) in [6.07, 6.45) is 1.91. The second-order valence-corrected chi connectivity index (χ2v) is 23.2. The molecule has 0 atom stereocenters. The fourth-order valence-electron chi connectivity index (χ4n) is 12.5. The van der Waals surface area contributed by atoms with Gasteiger partial charge in [-0.25, -0.2) is 4.98 Å². The number of para-hydroxylation sites is 3. The number of benzene rings is 10. The van der Waals surface area contributed by atoms with E-state index in [0.29, 0.717) is 11.5 Å². The average molecular weight is 1210 g/mol. The molecule has 3 aromatic heterocycles. The van der Waals surface area contributed by atoms with E-state index in [1.54, 1.807) is 0 Å².